The summed E-state index contributed by atoms with van der Waals surface area (Å²) in [7, 11) is 0. The van der Waals surface area contributed by atoms with Crippen molar-refractivity contribution < 1.29 is 14.8 Å². The van der Waals surface area contributed by atoms with Crippen molar-refractivity contribution in [3.8, 4) is 0 Å². The zero-order chi connectivity index (χ0) is 17.0. The van der Waals surface area contributed by atoms with Crippen molar-refractivity contribution in [2.45, 2.75) is 50.1 Å². The fourth-order valence-electron chi connectivity index (χ4n) is 4.25. The van der Waals surface area contributed by atoms with Gasteiger partial charge in [-0.25, -0.2) is 4.79 Å². The maximum absolute atomic E-state index is 11.5. The average molecular weight is 336 g/mol. The number of rotatable bonds is 2. The van der Waals surface area contributed by atoms with E-state index in [-0.39, 0.29) is 35.8 Å². The van der Waals surface area contributed by atoms with Crippen LogP contribution in [0.1, 0.15) is 31.6 Å². The number of H-pyrrole nitrogens is 2. The summed E-state index contributed by atoms with van der Waals surface area (Å²) in [6.07, 6.45) is -0.138. The van der Waals surface area contributed by atoms with Gasteiger partial charge < -0.3 is 15.2 Å². The van der Waals surface area contributed by atoms with E-state index in [1.54, 1.807) is 0 Å². The molecular formula is C15H22N5O4+. The lowest BCUT2D eigenvalue weighted by molar-refractivity contribution is -0.621. The van der Waals surface area contributed by atoms with Crippen LogP contribution >= 0.6 is 0 Å². The topological polar surface area (TPSA) is 133 Å². The van der Waals surface area contributed by atoms with Gasteiger partial charge in [-0.1, -0.05) is 6.92 Å². The van der Waals surface area contributed by atoms with Gasteiger partial charge in [0, 0.05) is 24.8 Å². The van der Waals surface area contributed by atoms with Crippen molar-refractivity contribution in [2.24, 2.45) is 5.92 Å². The molecule has 1 saturated heterocycles. The predicted molar refractivity (Wildman–Crippen MR) is 84.8 cm³/mol. The predicted octanol–water partition coefficient (Wildman–Crippen LogP) is -2.43. The van der Waals surface area contributed by atoms with Crippen LogP contribution in [0.3, 0.4) is 0 Å². The molecule has 4 rings (SSSR count). The van der Waals surface area contributed by atoms with E-state index in [1.807, 2.05) is 0 Å². The monoisotopic (exact) mass is 336 g/mol. The van der Waals surface area contributed by atoms with E-state index in [1.165, 1.54) is 6.07 Å². The second-order valence-corrected chi connectivity index (χ2v) is 6.99. The van der Waals surface area contributed by atoms with Gasteiger partial charge in [0.1, 0.15) is 18.2 Å². The Morgan fingerprint density at radius 3 is 2.83 bits per heavy atom. The van der Waals surface area contributed by atoms with Gasteiger partial charge in [0.15, 0.2) is 0 Å². The normalized spacial score (nSPS) is 35.9. The maximum Gasteiger partial charge on any atom is 0.346 e. The number of aromatic nitrogens is 2. The molecule has 3 aliphatic heterocycles. The fourth-order valence-corrected chi connectivity index (χ4v) is 4.25. The summed E-state index contributed by atoms with van der Waals surface area (Å²) in [5.74, 6) is 1.03. The third-order valence-corrected chi connectivity index (χ3v) is 5.54. The molecule has 9 heteroatoms. The van der Waals surface area contributed by atoms with Crippen molar-refractivity contribution >= 4 is 5.96 Å². The van der Waals surface area contributed by atoms with Crippen molar-refractivity contribution in [2.75, 3.05) is 6.54 Å². The Kier molecular flexibility index (Phi) is 3.50. The molecule has 9 nitrogen and oxygen atoms in total. The van der Waals surface area contributed by atoms with E-state index in [0.717, 1.165) is 12.5 Å². The lowest BCUT2D eigenvalue weighted by Gasteiger charge is -2.40. The number of nitrogens with one attached hydrogen (secondary N) is 4. The Morgan fingerprint density at radius 2 is 2.08 bits per heavy atom. The number of aromatic amines is 2. The number of aliphatic hydroxyl groups is 2. The van der Waals surface area contributed by atoms with Crippen molar-refractivity contribution in [3.05, 3.63) is 32.6 Å². The molecule has 1 unspecified atom stereocenters. The standard InChI is InChI=1S/C15H21N5O4/c1-6-10-5-16-14-17-8(2-7(20(10)14)3-11(6)21)13(23)9-4-12(22)19-15(24)18-9/h4,6-8,10-11,13,21,23H,2-3,5H2,1H3,(H3,16,17,18,19,22,24)/p+1/t6-,7+,8+,10-,11+,13?/m1/s1. The van der Waals surface area contributed by atoms with Crippen LogP contribution in [-0.4, -0.2) is 61.5 Å². The van der Waals surface area contributed by atoms with E-state index in [9.17, 15) is 19.8 Å². The minimum atomic E-state index is -1.02. The molecule has 24 heavy (non-hydrogen) atoms. The molecule has 4 heterocycles. The fraction of sp³-hybridized carbons (Fsp3) is 0.667. The maximum atomic E-state index is 11.5. The summed E-state index contributed by atoms with van der Waals surface area (Å²) in [5.41, 5.74) is -0.990. The largest absolute Gasteiger partial charge is 0.393 e. The minimum Gasteiger partial charge on any atom is -0.393 e. The first-order valence-corrected chi connectivity index (χ1v) is 8.29. The molecule has 1 fully saturated rings. The number of guanidine groups is 1. The van der Waals surface area contributed by atoms with Crippen LogP contribution in [0.15, 0.2) is 15.7 Å². The third kappa shape index (κ3) is 2.35. The highest BCUT2D eigenvalue weighted by Gasteiger charge is 2.50. The van der Waals surface area contributed by atoms with E-state index >= 15 is 0 Å². The van der Waals surface area contributed by atoms with Crippen LogP contribution in [0.25, 0.3) is 0 Å². The lowest BCUT2D eigenvalue weighted by Crippen LogP contribution is -2.59. The molecule has 3 aliphatic rings. The molecule has 1 aromatic rings. The second kappa shape index (κ2) is 5.45. The summed E-state index contributed by atoms with van der Waals surface area (Å²) in [5, 5.41) is 27.5. The average Bonchev–Trinajstić information content (AvgIpc) is 2.95. The summed E-state index contributed by atoms with van der Waals surface area (Å²) in [6, 6.07) is 1.19. The van der Waals surface area contributed by atoms with E-state index in [4.69, 9.17) is 0 Å². The second-order valence-electron chi connectivity index (χ2n) is 6.99. The molecule has 0 bridgehead atoms. The van der Waals surface area contributed by atoms with E-state index in [0.29, 0.717) is 12.8 Å². The van der Waals surface area contributed by atoms with Gasteiger partial charge in [0.05, 0.1) is 24.4 Å². The zero-order valence-corrected chi connectivity index (χ0v) is 13.3. The van der Waals surface area contributed by atoms with Gasteiger partial charge in [-0.05, 0) is 0 Å². The Bertz CT molecular complexity index is 771. The highest BCUT2D eigenvalue weighted by atomic mass is 16.3. The van der Waals surface area contributed by atoms with Crippen LogP contribution in [0.4, 0.5) is 0 Å². The molecule has 6 N–H and O–H groups in total. The minimum absolute atomic E-state index is 0.112. The van der Waals surface area contributed by atoms with Crippen LogP contribution < -0.4 is 21.9 Å². The molecule has 0 saturated carbocycles. The Labute approximate surface area is 137 Å². The van der Waals surface area contributed by atoms with Crippen LogP contribution in [-0.2, 0) is 0 Å². The number of piperidine rings is 1. The number of nitrogens with zero attached hydrogens (tertiary/aromatic N) is 1. The summed E-state index contributed by atoms with van der Waals surface area (Å²) < 4.78 is 2.27. The van der Waals surface area contributed by atoms with Gasteiger partial charge >= 0.3 is 11.6 Å². The SMILES string of the molecule is C[C@@H]1[C@H]2CNC3=[N+]2[C@@H](C[C@@H](C(O)c2cc(=O)[nH]c(=O)[nH]2)N3)C[C@@H]1O. The molecular weight excluding hydrogens is 314 g/mol. The smallest absolute Gasteiger partial charge is 0.346 e. The first kappa shape index (κ1) is 15.4. The van der Waals surface area contributed by atoms with Crippen molar-refractivity contribution in [1.29, 1.82) is 0 Å². The molecule has 0 spiro atoms. The van der Waals surface area contributed by atoms with Crippen LogP contribution in [0.5, 0.6) is 0 Å². The lowest BCUT2D eigenvalue weighted by atomic mass is 9.82. The van der Waals surface area contributed by atoms with Crippen molar-refractivity contribution in [1.82, 2.24) is 20.6 Å². The van der Waals surface area contributed by atoms with Gasteiger partial charge in [0.25, 0.3) is 5.56 Å². The van der Waals surface area contributed by atoms with Gasteiger partial charge in [-0.2, -0.15) is 0 Å². The first-order chi connectivity index (χ1) is 11.4. The molecule has 0 aliphatic carbocycles. The molecule has 0 aromatic carbocycles. The molecule has 6 atom stereocenters. The highest BCUT2D eigenvalue weighted by Crippen LogP contribution is 2.33. The Balaban J connectivity index is 1.63. The zero-order valence-electron chi connectivity index (χ0n) is 13.3. The summed E-state index contributed by atoms with van der Waals surface area (Å²) >= 11 is 0. The molecule has 0 radical (unpaired) electrons. The molecule has 130 valence electrons. The Hall–Kier alpha value is -2.13. The quantitative estimate of drug-likeness (QED) is 0.333. The van der Waals surface area contributed by atoms with Gasteiger partial charge in [-0.3, -0.25) is 25.0 Å². The number of hydrogen-bond donors (Lipinski definition) is 6. The summed E-state index contributed by atoms with van der Waals surface area (Å²) in [4.78, 5) is 27.5. The van der Waals surface area contributed by atoms with Gasteiger partial charge in [0.2, 0.25) is 0 Å². The first-order valence-electron chi connectivity index (χ1n) is 8.29. The van der Waals surface area contributed by atoms with E-state index < -0.39 is 17.4 Å². The third-order valence-electron chi connectivity index (χ3n) is 5.54. The van der Waals surface area contributed by atoms with Gasteiger partial charge in [-0.15, -0.1) is 0 Å². The Morgan fingerprint density at radius 1 is 1.29 bits per heavy atom. The van der Waals surface area contributed by atoms with Crippen LogP contribution in [0, 0.1) is 5.92 Å². The number of hydrogen-bond acceptors (Lipinski definition) is 6. The number of aliphatic hydroxyl groups excluding tert-OH is 2. The molecule has 1 aromatic heterocycles. The van der Waals surface area contributed by atoms with Crippen LogP contribution in [0.2, 0.25) is 0 Å². The highest BCUT2D eigenvalue weighted by molar-refractivity contribution is 5.77. The van der Waals surface area contributed by atoms with E-state index in [2.05, 4.69) is 32.1 Å². The summed E-state index contributed by atoms with van der Waals surface area (Å²) in [6.45, 7) is 2.81. The van der Waals surface area contributed by atoms with Crippen molar-refractivity contribution in [3.63, 3.8) is 0 Å². The molecule has 0 amide bonds.